The second kappa shape index (κ2) is 13.8. The smallest absolute Gasteiger partial charge is 0.228 e. The molecule has 0 fully saturated rings. The first-order valence-electron chi connectivity index (χ1n) is 10.7. The molecule has 1 N–H and O–H groups in total. The Balaban J connectivity index is 0.000000614. The van der Waals surface area contributed by atoms with E-state index in [1.807, 2.05) is 73.7 Å². The summed E-state index contributed by atoms with van der Waals surface area (Å²) in [6, 6.07) is 26.1. The predicted octanol–water partition coefficient (Wildman–Crippen LogP) is 6.00. The number of ketones is 1. The van der Waals surface area contributed by atoms with E-state index in [9.17, 15) is 4.79 Å². The standard InChI is InChI=1S/C23H20O3.C4H11N/c1-2-25-20-15-9-10-16-21(20)26-22(17-18-11-5-3-6-12-18)23(24)19-13-7-4-8-14-19;1-3-5-4-2/h3-17H,2H2,1H3;5H,3-4H2,1-2H3. The third-order valence-electron chi connectivity index (χ3n) is 4.23. The van der Waals surface area contributed by atoms with Crippen LogP contribution in [0.2, 0.25) is 0 Å². The van der Waals surface area contributed by atoms with Crippen molar-refractivity contribution in [2.45, 2.75) is 20.8 Å². The molecule has 0 aliphatic heterocycles. The summed E-state index contributed by atoms with van der Waals surface area (Å²) in [6.07, 6.45) is 1.75. The third kappa shape index (κ3) is 8.11. The number of hydrogen-bond acceptors (Lipinski definition) is 4. The highest BCUT2D eigenvalue weighted by Gasteiger charge is 2.17. The fraction of sp³-hybridized carbons (Fsp3) is 0.222. The minimum absolute atomic E-state index is 0.180. The van der Waals surface area contributed by atoms with Crippen LogP contribution >= 0.6 is 0 Å². The summed E-state index contributed by atoms with van der Waals surface area (Å²) < 4.78 is 11.6. The molecule has 4 heteroatoms. The van der Waals surface area contributed by atoms with Gasteiger partial charge >= 0.3 is 0 Å². The highest BCUT2D eigenvalue weighted by molar-refractivity contribution is 6.10. The van der Waals surface area contributed by atoms with Gasteiger partial charge < -0.3 is 14.8 Å². The first-order chi connectivity index (χ1) is 15.2. The van der Waals surface area contributed by atoms with Crippen molar-refractivity contribution >= 4 is 11.9 Å². The monoisotopic (exact) mass is 417 g/mol. The molecule has 3 aromatic rings. The molecule has 0 aliphatic rings. The number of hydrogen-bond donors (Lipinski definition) is 1. The van der Waals surface area contributed by atoms with Crippen molar-refractivity contribution in [1.29, 1.82) is 0 Å². The largest absolute Gasteiger partial charge is 0.490 e. The summed E-state index contributed by atoms with van der Waals surface area (Å²) in [6.45, 7) is 8.82. The van der Waals surface area contributed by atoms with Crippen LogP contribution in [0, 0.1) is 0 Å². The quantitative estimate of drug-likeness (QED) is 0.263. The molecule has 162 valence electrons. The van der Waals surface area contributed by atoms with E-state index in [0.29, 0.717) is 23.7 Å². The average Bonchev–Trinajstić information content (AvgIpc) is 2.82. The second-order valence-corrected chi connectivity index (χ2v) is 6.55. The molecule has 0 heterocycles. The van der Waals surface area contributed by atoms with Crippen molar-refractivity contribution in [3.05, 3.63) is 102 Å². The number of carbonyl (C=O) groups is 1. The minimum atomic E-state index is -0.180. The summed E-state index contributed by atoms with van der Waals surface area (Å²) in [7, 11) is 0. The summed E-state index contributed by atoms with van der Waals surface area (Å²) in [4.78, 5) is 13.0. The molecule has 0 radical (unpaired) electrons. The molecule has 4 nitrogen and oxygen atoms in total. The Morgan fingerprint density at radius 1 is 0.774 bits per heavy atom. The Bertz CT molecular complexity index is 935. The number of benzene rings is 3. The number of Topliss-reactive ketones (excluding diaryl/α,β-unsaturated/α-hetero) is 1. The van der Waals surface area contributed by atoms with Crippen molar-refractivity contribution in [2.24, 2.45) is 0 Å². The van der Waals surface area contributed by atoms with Crippen LogP contribution in [0.15, 0.2) is 90.7 Å². The Kier molecular flexibility index (Phi) is 10.6. The molecule has 0 unspecified atom stereocenters. The molecule has 0 bridgehead atoms. The fourth-order valence-corrected chi connectivity index (χ4v) is 2.75. The topological polar surface area (TPSA) is 47.6 Å². The zero-order valence-electron chi connectivity index (χ0n) is 18.5. The molecule has 3 rings (SSSR count). The lowest BCUT2D eigenvalue weighted by atomic mass is 10.1. The molecule has 0 aliphatic carbocycles. The normalized spacial score (nSPS) is 10.6. The van der Waals surface area contributed by atoms with E-state index in [2.05, 4.69) is 19.2 Å². The first-order valence-corrected chi connectivity index (χ1v) is 10.7. The van der Waals surface area contributed by atoms with Gasteiger partial charge in [0.1, 0.15) is 0 Å². The van der Waals surface area contributed by atoms with Crippen molar-refractivity contribution < 1.29 is 14.3 Å². The van der Waals surface area contributed by atoms with Gasteiger partial charge in [-0.3, -0.25) is 4.79 Å². The van der Waals surface area contributed by atoms with E-state index in [4.69, 9.17) is 9.47 Å². The number of carbonyl (C=O) groups excluding carboxylic acids is 1. The zero-order chi connectivity index (χ0) is 22.3. The van der Waals surface area contributed by atoms with Crippen LogP contribution < -0.4 is 14.8 Å². The molecule has 31 heavy (non-hydrogen) atoms. The van der Waals surface area contributed by atoms with Crippen LogP contribution in [0.25, 0.3) is 6.08 Å². The van der Waals surface area contributed by atoms with Gasteiger partial charge in [0, 0.05) is 5.56 Å². The van der Waals surface area contributed by atoms with Crippen molar-refractivity contribution in [3.63, 3.8) is 0 Å². The number of nitrogens with one attached hydrogen (secondary N) is 1. The minimum Gasteiger partial charge on any atom is -0.490 e. The van der Waals surface area contributed by atoms with Crippen LogP contribution in [0.3, 0.4) is 0 Å². The van der Waals surface area contributed by atoms with E-state index < -0.39 is 0 Å². The lowest BCUT2D eigenvalue weighted by Gasteiger charge is -2.13. The summed E-state index contributed by atoms with van der Waals surface area (Å²) >= 11 is 0. The molecule has 0 saturated carbocycles. The van der Waals surface area contributed by atoms with E-state index in [0.717, 1.165) is 18.7 Å². The summed E-state index contributed by atoms with van der Waals surface area (Å²) in [5.41, 5.74) is 1.46. The lowest BCUT2D eigenvalue weighted by molar-refractivity contribution is 0.0987. The molecular formula is C27H31NO3. The molecule has 0 aromatic heterocycles. The van der Waals surface area contributed by atoms with Gasteiger partial charge in [0.15, 0.2) is 17.3 Å². The van der Waals surface area contributed by atoms with E-state index in [-0.39, 0.29) is 11.5 Å². The van der Waals surface area contributed by atoms with Gasteiger partial charge in [0.05, 0.1) is 6.61 Å². The second-order valence-electron chi connectivity index (χ2n) is 6.55. The highest BCUT2D eigenvalue weighted by Crippen LogP contribution is 2.29. The first kappa shape index (κ1) is 23.9. The van der Waals surface area contributed by atoms with E-state index in [1.54, 1.807) is 24.3 Å². The number of para-hydroxylation sites is 2. The van der Waals surface area contributed by atoms with Crippen molar-refractivity contribution in [3.8, 4) is 11.5 Å². The Morgan fingerprint density at radius 2 is 1.32 bits per heavy atom. The van der Waals surface area contributed by atoms with Gasteiger partial charge in [-0.15, -0.1) is 0 Å². The lowest BCUT2D eigenvalue weighted by Crippen LogP contribution is -2.10. The van der Waals surface area contributed by atoms with Gasteiger partial charge in [0.25, 0.3) is 0 Å². The summed E-state index contributed by atoms with van der Waals surface area (Å²) in [5, 5.41) is 3.11. The highest BCUT2D eigenvalue weighted by atomic mass is 16.5. The van der Waals surface area contributed by atoms with Crippen LogP contribution in [0.1, 0.15) is 36.7 Å². The molecule has 0 spiro atoms. The van der Waals surface area contributed by atoms with Crippen molar-refractivity contribution in [1.82, 2.24) is 5.32 Å². The number of ether oxygens (including phenoxy) is 2. The maximum absolute atomic E-state index is 13.0. The predicted molar refractivity (Wildman–Crippen MR) is 128 cm³/mol. The van der Waals surface area contributed by atoms with Gasteiger partial charge in [-0.2, -0.15) is 0 Å². The van der Waals surface area contributed by atoms with Gasteiger partial charge in [-0.1, -0.05) is 86.6 Å². The molecular weight excluding hydrogens is 386 g/mol. The van der Waals surface area contributed by atoms with Crippen LogP contribution in [0.4, 0.5) is 0 Å². The van der Waals surface area contributed by atoms with Crippen LogP contribution in [-0.4, -0.2) is 25.5 Å². The van der Waals surface area contributed by atoms with Gasteiger partial charge in [0.2, 0.25) is 5.78 Å². The van der Waals surface area contributed by atoms with Crippen LogP contribution in [-0.2, 0) is 0 Å². The molecule has 0 amide bonds. The Morgan fingerprint density at radius 3 is 1.87 bits per heavy atom. The third-order valence-corrected chi connectivity index (χ3v) is 4.23. The Labute approximate surface area is 185 Å². The SMILES string of the molecule is CCNCC.CCOc1ccccc1OC(=Cc1ccccc1)C(=O)c1ccccc1. The zero-order valence-corrected chi connectivity index (χ0v) is 18.5. The molecule has 3 aromatic carbocycles. The van der Waals surface area contributed by atoms with E-state index in [1.165, 1.54) is 0 Å². The van der Waals surface area contributed by atoms with Gasteiger partial charge in [-0.05, 0) is 43.8 Å². The number of allylic oxidation sites excluding steroid dienone is 1. The maximum Gasteiger partial charge on any atom is 0.228 e. The maximum atomic E-state index is 13.0. The number of rotatable bonds is 9. The van der Waals surface area contributed by atoms with E-state index >= 15 is 0 Å². The molecule has 0 saturated heterocycles. The average molecular weight is 418 g/mol. The Hall–Kier alpha value is -3.37. The fourth-order valence-electron chi connectivity index (χ4n) is 2.75. The van der Waals surface area contributed by atoms with Crippen LogP contribution in [0.5, 0.6) is 11.5 Å². The van der Waals surface area contributed by atoms with Crippen molar-refractivity contribution in [2.75, 3.05) is 19.7 Å². The molecule has 0 atom stereocenters. The van der Waals surface area contributed by atoms with Gasteiger partial charge in [-0.25, -0.2) is 0 Å². The summed E-state index contributed by atoms with van der Waals surface area (Å²) in [5.74, 6) is 1.19.